The Balaban J connectivity index is 4.30. The van der Waals surface area contributed by atoms with Gasteiger partial charge >= 0.3 is 0 Å². The van der Waals surface area contributed by atoms with Gasteiger partial charge in [0.2, 0.25) is 0 Å². The molecule has 0 N–H and O–H groups in total. The molecule has 0 aromatic heterocycles. The summed E-state index contributed by atoms with van der Waals surface area (Å²) in [5, 5.41) is 0. The molecule has 0 unspecified atom stereocenters. The van der Waals surface area contributed by atoms with Crippen LogP contribution in [0.15, 0.2) is 34.5 Å². The summed E-state index contributed by atoms with van der Waals surface area (Å²) in [5.41, 5.74) is 1.01. The summed E-state index contributed by atoms with van der Waals surface area (Å²) in [6.45, 7) is 9.78. The molecule has 0 atom stereocenters. The van der Waals surface area contributed by atoms with E-state index in [0.29, 0.717) is 5.92 Å². The molecule has 2 heteroatoms. The van der Waals surface area contributed by atoms with Gasteiger partial charge in [0.15, 0.2) is 0 Å². The van der Waals surface area contributed by atoms with Gasteiger partial charge in [0, 0.05) is 18.6 Å². The first-order valence-electron chi connectivity index (χ1n) is 4.52. The minimum absolute atomic E-state index is 0.605. The van der Waals surface area contributed by atoms with Crippen LogP contribution in [0.5, 0.6) is 0 Å². The average Bonchev–Trinajstić information content (AvgIpc) is 2.04. The summed E-state index contributed by atoms with van der Waals surface area (Å²) in [4.78, 5) is 8.27. The van der Waals surface area contributed by atoms with Crippen molar-refractivity contribution in [3.8, 4) is 0 Å². The minimum atomic E-state index is 0.605. The van der Waals surface area contributed by atoms with E-state index in [9.17, 15) is 0 Å². The van der Waals surface area contributed by atoms with Gasteiger partial charge in [0.25, 0.3) is 0 Å². The first-order chi connectivity index (χ1) is 6.20. The van der Waals surface area contributed by atoms with Gasteiger partial charge in [-0.3, -0.25) is 9.98 Å². The molecule has 2 nitrogen and oxygen atoms in total. The Kier molecular flexibility index (Phi) is 6.79. The molecule has 13 heavy (non-hydrogen) atoms. The van der Waals surface area contributed by atoms with E-state index in [1.165, 1.54) is 0 Å². The van der Waals surface area contributed by atoms with Crippen molar-refractivity contribution in [1.82, 2.24) is 0 Å². The van der Waals surface area contributed by atoms with Crippen molar-refractivity contribution in [3.05, 3.63) is 24.6 Å². The Hall–Kier alpha value is -1.18. The number of nitrogens with zero attached hydrogens (tertiary/aromatic N) is 2. The molecule has 0 aliphatic carbocycles. The van der Waals surface area contributed by atoms with Crippen molar-refractivity contribution in [2.24, 2.45) is 15.9 Å². The highest BCUT2D eigenvalue weighted by Crippen LogP contribution is 2.11. The Morgan fingerprint density at radius 1 is 1.46 bits per heavy atom. The number of hydrogen-bond donors (Lipinski definition) is 0. The number of aliphatic imine (C=N–C) groups is 2. The first-order valence-corrected chi connectivity index (χ1v) is 4.52. The van der Waals surface area contributed by atoms with Crippen LogP contribution in [0.4, 0.5) is 0 Å². The van der Waals surface area contributed by atoms with Gasteiger partial charge < -0.3 is 0 Å². The predicted octanol–water partition coefficient (Wildman–Crippen LogP) is 3.22. The number of allylic oxidation sites excluding steroid dienone is 2. The zero-order valence-corrected chi connectivity index (χ0v) is 8.70. The van der Waals surface area contributed by atoms with E-state index in [4.69, 9.17) is 0 Å². The van der Waals surface area contributed by atoms with Crippen LogP contribution in [-0.2, 0) is 0 Å². The van der Waals surface area contributed by atoms with E-state index in [2.05, 4.69) is 30.4 Å². The first kappa shape index (κ1) is 11.8. The Labute approximate surface area is 80.8 Å². The molecule has 0 bridgehead atoms. The lowest BCUT2D eigenvalue weighted by Gasteiger charge is -2.02. The average molecular weight is 178 g/mol. The van der Waals surface area contributed by atoms with Crippen LogP contribution in [0.25, 0.3) is 0 Å². The van der Waals surface area contributed by atoms with Crippen LogP contribution < -0.4 is 0 Å². The SMILES string of the molecule is C=CC=N/C=C(/CC(C)C)N=CC. The lowest BCUT2D eigenvalue weighted by molar-refractivity contribution is 0.638. The molecule has 0 spiro atoms. The van der Waals surface area contributed by atoms with Gasteiger partial charge in [0.05, 0.1) is 5.70 Å². The highest BCUT2D eigenvalue weighted by molar-refractivity contribution is 5.70. The summed E-state index contributed by atoms with van der Waals surface area (Å²) in [5.74, 6) is 0.605. The maximum Gasteiger partial charge on any atom is 0.0584 e. The maximum atomic E-state index is 4.22. The van der Waals surface area contributed by atoms with E-state index in [0.717, 1.165) is 12.1 Å². The van der Waals surface area contributed by atoms with E-state index in [-0.39, 0.29) is 0 Å². The number of rotatable bonds is 5. The van der Waals surface area contributed by atoms with Crippen molar-refractivity contribution in [2.45, 2.75) is 27.2 Å². The highest BCUT2D eigenvalue weighted by atomic mass is 14.8. The summed E-state index contributed by atoms with van der Waals surface area (Å²) in [6, 6.07) is 0. The largest absolute Gasteiger partial charge is 0.264 e. The third-order valence-corrected chi connectivity index (χ3v) is 1.33. The summed E-state index contributed by atoms with van der Waals surface area (Å²) in [6.07, 6.45) is 7.84. The van der Waals surface area contributed by atoms with Crippen LogP contribution in [0.2, 0.25) is 0 Å². The van der Waals surface area contributed by atoms with Gasteiger partial charge in [-0.2, -0.15) is 0 Å². The van der Waals surface area contributed by atoms with Gasteiger partial charge in [-0.15, -0.1) is 0 Å². The zero-order valence-electron chi connectivity index (χ0n) is 8.70. The van der Waals surface area contributed by atoms with Gasteiger partial charge in [-0.1, -0.05) is 26.5 Å². The molecule has 0 rings (SSSR count). The standard InChI is InChI=1S/C11H18N2/c1-5-7-12-9-11(13-6-2)8-10(3)4/h5-7,9-10H,1,8H2,2-4H3/b11-9-,12-7?,13-6?. The molecule has 0 heterocycles. The van der Waals surface area contributed by atoms with Gasteiger partial charge in [-0.05, 0) is 19.3 Å². The topological polar surface area (TPSA) is 24.7 Å². The quantitative estimate of drug-likeness (QED) is 0.577. The molecular weight excluding hydrogens is 160 g/mol. The second kappa shape index (κ2) is 7.47. The van der Waals surface area contributed by atoms with E-state index >= 15 is 0 Å². The molecule has 0 aromatic rings. The van der Waals surface area contributed by atoms with Crippen molar-refractivity contribution < 1.29 is 0 Å². The summed E-state index contributed by atoms with van der Waals surface area (Å²) >= 11 is 0. The van der Waals surface area contributed by atoms with Crippen LogP contribution in [0.1, 0.15) is 27.2 Å². The molecule has 0 saturated heterocycles. The third-order valence-electron chi connectivity index (χ3n) is 1.33. The maximum absolute atomic E-state index is 4.22. The second-order valence-corrected chi connectivity index (χ2v) is 3.14. The monoisotopic (exact) mass is 178 g/mol. The fraction of sp³-hybridized carbons (Fsp3) is 0.455. The van der Waals surface area contributed by atoms with Crippen molar-refractivity contribution in [2.75, 3.05) is 0 Å². The lowest BCUT2D eigenvalue weighted by atomic mass is 10.1. The van der Waals surface area contributed by atoms with Crippen LogP contribution in [-0.4, -0.2) is 12.4 Å². The molecule has 0 amide bonds. The predicted molar refractivity (Wildman–Crippen MR) is 60.4 cm³/mol. The van der Waals surface area contributed by atoms with E-state index in [1.54, 1.807) is 24.7 Å². The third kappa shape index (κ3) is 7.19. The normalized spacial score (nSPS) is 13.4. The summed E-state index contributed by atoms with van der Waals surface area (Å²) < 4.78 is 0. The van der Waals surface area contributed by atoms with E-state index < -0.39 is 0 Å². The van der Waals surface area contributed by atoms with Gasteiger partial charge in [0.1, 0.15) is 0 Å². The Bertz CT molecular complexity index is 222. The molecule has 0 aromatic carbocycles. The van der Waals surface area contributed by atoms with Crippen molar-refractivity contribution in [1.29, 1.82) is 0 Å². The van der Waals surface area contributed by atoms with Crippen molar-refractivity contribution >= 4 is 12.4 Å². The Morgan fingerprint density at radius 3 is 2.62 bits per heavy atom. The van der Waals surface area contributed by atoms with E-state index in [1.807, 2.05) is 6.92 Å². The lowest BCUT2D eigenvalue weighted by Crippen LogP contribution is -1.89. The molecule has 0 aliphatic rings. The Morgan fingerprint density at radius 2 is 2.15 bits per heavy atom. The molecule has 0 radical (unpaired) electrons. The molecular formula is C11H18N2. The van der Waals surface area contributed by atoms with Crippen molar-refractivity contribution in [3.63, 3.8) is 0 Å². The molecule has 72 valence electrons. The van der Waals surface area contributed by atoms with Crippen LogP contribution >= 0.6 is 0 Å². The summed E-state index contributed by atoms with van der Waals surface area (Å²) in [7, 11) is 0. The van der Waals surface area contributed by atoms with Crippen LogP contribution in [0.3, 0.4) is 0 Å². The zero-order chi connectivity index (χ0) is 10.1. The molecule has 0 fully saturated rings. The fourth-order valence-electron chi connectivity index (χ4n) is 0.913. The van der Waals surface area contributed by atoms with Crippen LogP contribution in [0, 0.1) is 5.92 Å². The minimum Gasteiger partial charge on any atom is -0.264 e. The van der Waals surface area contributed by atoms with Gasteiger partial charge in [-0.25, -0.2) is 0 Å². The molecule has 0 saturated carbocycles. The smallest absolute Gasteiger partial charge is 0.0584 e. The highest BCUT2D eigenvalue weighted by Gasteiger charge is 1.97. The number of hydrogen-bond acceptors (Lipinski definition) is 2. The fourth-order valence-corrected chi connectivity index (χ4v) is 0.913. The second-order valence-electron chi connectivity index (χ2n) is 3.14. The molecule has 0 aliphatic heterocycles.